The summed E-state index contributed by atoms with van der Waals surface area (Å²) >= 11 is 6.06. The van der Waals surface area contributed by atoms with Crippen molar-refractivity contribution in [2.45, 2.75) is 19.6 Å². The molecule has 0 aromatic heterocycles. The Morgan fingerprint density at radius 1 is 0.871 bits per heavy atom. The predicted molar refractivity (Wildman–Crippen MR) is 124 cm³/mol. The van der Waals surface area contributed by atoms with Gasteiger partial charge in [0.25, 0.3) is 0 Å². The Bertz CT molecular complexity index is 968. The molecule has 0 radical (unpaired) electrons. The number of hydrogen-bond acceptors (Lipinski definition) is 4. The minimum Gasteiger partial charge on any atom is -0.497 e. The largest absolute Gasteiger partial charge is 0.497 e. The lowest BCUT2D eigenvalue weighted by Crippen LogP contribution is -2.16. The summed E-state index contributed by atoms with van der Waals surface area (Å²) < 4.78 is 29.6. The average Bonchev–Trinajstić information content (AvgIpc) is 2.77. The molecular formula is C24H26Cl2FNO3. The van der Waals surface area contributed by atoms with Crippen LogP contribution in [0.3, 0.4) is 0 Å². The number of methoxy groups -OCH3 is 2. The lowest BCUT2D eigenvalue weighted by atomic mass is 10.1. The minimum absolute atomic E-state index is 0. The zero-order valence-corrected chi connectivity index (χ0v) is 19.1. The Morgan fingerprint density at radius 3 is 2.29 bits per heavy atom. The van der Waals surface area contributed by atoms with Gasteiger partial charge in [-0.05, 0) is 60.5 Å². The maximum Gasteiger partial charge on any atom is 0.161 e. The van der Waals surface area contributed by atoms with Gasteiger partial charge < -0.3 is 19.5 Å². The summed E-state index contributed by atoms with van der Waals surface area (Å²) in [6, 6.07) is 18.2. The number of ether oxygens (including phenoxy) is 3. The molecule has 0 saturated carbocycles. The van der Waals surface area contributed by atoms with Crippen molar-refractivity contribution in [3.8, 4) is 17.2 Å². The van der Waals surface area contributed by atoms with Crippen LogP contribution in [0.15, 0.2) is 60.7 Å². The molecule has 3 aromatic carbocycles. The molecule has 31 heavy (non-hydrogen) atoms. The van der Waals surface area contributed by atoms with E-state index in [0.29, 0.717) is 22.1 Å². The van der Waals surface area contributed by atoms with E-state index in [1.807, 2.05) is 30.3 Å². The fraction of sp³-hybridized carbons (Fsp3) is 0.250. The average molecular weight is 466 g/mol. The van der Waals surface area contributed by atoms with Crippen LogP contribution in [0.5, 0.6) is 17.2 Å². The zero-order valence-electron chi connectivity index (χ0n) is 17.5. The summed E-state index contributed by atoms with van der Waals surface area (Å²) in [6.45, 7) is 1.81. The van der Waals surface area contributed by atoms with Crippen molar-refractivity contribution in [1.29, 1.82) is 0 Å². The first-order valence-corrected chi connectivity index (χ1v) is 10.0. The molecule has 0 aliphatic heterocycles. The Kier molecular flexibility index (Phi) is 9.92. The summed E-state index contributed by atoms with van der Waals surface area (Å²) in [7, 11) is 3.27. The fourth-order valence-corrected chi connectivity index (χ4v) is 3.21. The summed E-state index contributed by atoms with van der Waals surface area (Å²) in [6.07, 6.45) is 0.931. The lowest BCUT2D eigenvalue weighted by Gasteiger charge is -2.13. The molecule has 0 fully saturated rings. The molecule has 0 heterocycles. The van der Waals surface area contributed by atoms with Crippen molar-refractivity contribution < 1.29 is 18.6 Å². The number of nitrogens with one attached hydrogen (secondary N) is 1. The molecule has 0 saturated heterocycles. The third-order valence-electron chi connectivity index (χ3n) is 4.70. The van der Waals surface area contributed by atoms with Gasteiger partial charge in [-0.3, -0.25) is 0 Å². The first-order valence-electron chi connectivity index (χ1n) is 9.66. The van der Waals surface area contributed by atoms with Crippen LogP contribution in [0.1, 0.15) is 16.7 Å². The molecule has 0 aliphatic carbocycles. The molecule has 0 amide bonds. The Labute approximate surface area is 193 Å². The number of halogens is 3. The zero-order chi connectivity index (χ0) is 21.3. The van der Waals surface area contributed by atoms with Crippen molar-refractivity contribution in [2.75, 3.05) is 20.8 Å². The number of rotatable bonds is 10. The minimum atomic E-state index is -0.370. The molecule has 1 N–H and O–H groups in total. The third-order valence-corrected chi connectivity index (χ3v) is 5.06. The molecule has 0 spiro atoms. The monoisotopic (exact) mass is 465 g/mol. The van der Waals surface area contributed by atoms with Crippen LogP contribution in [0.2, 0.25) is 5.02 Å². The van der Waals surface area contributed by atoms with E-state index < -0.39 is 0 Å². The third kappa shape index (κ3) is 7.31. The predicted octanol–water partition coefficient (Wildman–Crippen LogP) is 5.83. The van der Waals surface area contributed by atoms with Crippen molar-refractivity contribution >= 4 is 24.0 Å². The number of benzene rings is 3. The topological polar surface area (TPSA) is 39.7 Å². The van der Waals surface area contributed by atoms with E-state index in [2.05, 4.69) is 17.4 Å². The first-order chi connectivity index (χ1) is 14.6. The van der Waals surface area contributed by atoms with Crippen LogP contribution in [0, 0.1) is 5.82 Å². The quantitative estimate of drug-likeness (QED) is 0.382. The number of hydrogen-bond donors (Lipinski definition) is 1. The summed E-state index contributed by atoms with van der Waals surface area (Å²) in [5.41, 5.74) is 3.06. The first kappa shape index (κ1) is 24.8. The molecule has 0 aliphatic rings. The highest BCUT2D eigenvalue weighted by atomic mass is 35.5. The van der Waals surface area contributed by atoms with Gasteiger partial charge in [-0.25, -0.2) is 4.39 Å². The van der Waals surface area contributed by atoms with Gasteiger partial charge in [0.15, 0.2) is 11.5 Å². The molecule has 7 heteroatoms. The van der Waals surface area contributed by atoms with Gasteiger partial charge in [0, 0.05) is 12.1 Å². The molecule has 0 atom stereocenters. The second kappa shape index (κ2) is 12.4. The maximum absolute atomic E-state index is 13.2. The van der Waals surface area contributed by atoms with Gasteiger partial charge in [-0.2, -0.15) is 0 Å². The van der Waals surface area contributed by atoms with Gasteiger partial charge in [0.05, 0.1) is 19.2 Å². The smallest absolute Gasteiger partial charge is 0.161 e. The van der Waals surface area contributed by atoms with E-state index in [4.69, 9.17) is 25.8 Å². The van der Waals surface area contributed by atoms with E-state index in [0.717, 1.165) is 30.8 Å². The van der Waals surface area contributed by atoms with Gasteiger partial charge in [0.1, 0.15) is 18.2 Å². The lowest BCUT2D eigenvalue weighted by molar-refractivity contribution is 0.284. The Hall–Kier alpha value is -2.47. The van der Waals surface area contributed by atoms with E-state index >= 15 is 0 Å². The van der Waals surface area contributed by atoms with Gasteiger partial charge in [0.2, 0.25) is 0 Å². The van der Waals surface area contributed by atoms with Crippen LogP contribution in [0.4, 0.5) is 4.39 Å². The van der Waals surface area contributed by atoms with Crippen LogP contribution in [-0.4, -0.2) is 20.8 Å². The summed E-state index contributed by atoms with van der Waals surface area (Å²) in [4.78, 5) is 0. The van der Waals surface area contributed by atoms with Crippen molar-refractivity contribution in [2.24, 2.45) is 0 Å². The van der Waals surface area contributed by atoms with E-state index in [1.165, 1.54) is 17.7 Å². The molecule has 0 unspecified atom stereocenters. The molecular weight excluding hydrogens is 440 g/mol. The van der Waals surface area contributed by atoms with Crippen molar-refractivity contribution in [3.05, 3.63) is 88.2 Å². The second-order valence-electron chi connectivity index (χ2n) is 6.78. The summed E-state index contributed by atoms with van der Waals surface area (Å²) in [5, 5.41) is 3.78. The molecule has 4 nitrogen and oxygen atoms in total. The van der Waals surface area contributed by atoms with E-state index in [1.54, 1.807) is 20.3 Å². The van der Waals surface area contributed by atoms with Crippen LogP contribution >= 0.6 is 24.0 Å². The van der Waals surface area contributed by atoms with Crippen LogP contribution in [0.25, 0.3) is 0 Å². The van der Waals surface area contributed by atoms with Crippen molar-refractivity contribution in [3.63, 3.8) is 0 Å². The molecule has 3 rings (SSSR count). The Balaban J connectivity index is 0.00000341. The Morgan fingerprint density at radius 2 is 1.61 bits per heavy atom. The molecule has 0 bridgehead atoms. The maximum atomic E-state index is 13.2. The van der Waals surface area contributed by atoms with Gasteiger partial charge in [-0.1, -0.05) is 35.9 Å². The standard InChI is InChI=1S/C24H25ClFNO3.ClH/c1-28-21-8-3-17(4-9-21)11-12-27-15-18-5-10-23(24(13-18)29-2)30-16-19-6-7-20(26)14-22(19)25;/h3-10,13-14,27H,11-12,15-16H2,1-2H3;1H. The highest BCUT2D eigenvalue weighted by Gasteiger charge is 2.08. The van der Waals surface area contributed by atoms with Crippen molar-refractivity contribution in [1.82, 2.24) is 5.32 Å². The van der Waals surface area contributed by atoms with E-state index in [-0.39, 0.29) is 24.8 Å². The van der Waals surface area contributed by atoms with Crippen LogP contribution < -0.4 is 19.5 Å². The molecule has 166 valence electrons. The van der Waals surface area contributed by atoms with Crippen LogP contribution in [-0.2, 0) is 19.6 Å². The normalized spacial score (nSPS) is 10.3. The SMILES string of the molecule is COc1ccc(CCNCc2ccc(OCc3ccc(F)cc3Cl)c(OC)c2)cc1.Cl. The van der Waals surface area contributed by atoms with Gasteiger partial charge >= 0.3 is 0 Å². The van der Waals surface area contributed by atoms with Gasteiger partial charge in [-0.15, -0.1) is 12.4 Å². The summed E-state index contributed by atoms with van der Waals surface area (Å²) in [5.74, 6) is 1.75. The fourth-order valence-electron chi connectivity index (χ4n) is 2.99. The highest BCUT2D eigenvalue weighted by Crippen LogP contribution is 2.29. The van der Waals surface area contributed by atoms with E-state index in [9.17, 15) is 4.39 Å². The molecule has 3 aromatic rings. The second-order valence-corrected chi connectivity index (χ2v) is 7.19. The highest BCUT2D eigenvalue weighted by molar-refractivity contribution is 6.31.